The Kier molecular flexibility index (Phi) is 2.60. The zero-order valence-electron chi connectivity index (χ0n) is 9.03. The average molecular weight is 201 g/mol. The Morgan fingerprint density at radius 3 is 2.53 bits per heavy atom. The summed E-state index contributed by atoms with van der Waals surface area (Å²) in [6, 6.07) is 12.3. The number of rotatable bonds is 2. The maximum Gasteiger partial charge on any atom is 0.131 e. The molecule has 2 nitrogen and oxygen atoms in total. The molecule has 2 aromatic rings. The lowest BCUT2D eigenvalue weighted by Crippen LogP contribution is -2.07. The lowest BCUT2D eigenvalue weighted by molar-refractivity contribution is 0.412. The summed E-state index contributed by atoms with van der Waals surface area (Å²) in [6.07, 6.45) is 0. The van der Waals surface area contributed by atoms with Crippen molar-refractivity contribution in [1.82, 2.24) is 0 Å². The van der Waals surface area contributed by atoms with E-state index in [1.807, 2.05) is 25.1 Å². The summed E-state index contributed by atoms with van der Waals surface area (Å²) in [6.45, 7) is 1.96. The molecular weight excluding hydrogens is 186 g/mol. The SMILES string of the molecule is COc1c(C(C)N)ccc2ccccc12. The second-order valence-corrected chi connectivity index (χ2v) is 3.70. The monoisotopic (exact) mass is 201 g/mol. The van der Waals surface area contributed by atoms with Crippen LogP contribution in [-0.2, 0) is 0 Å². The predicted octanol–water partition coefficient (Wildman–Crippen LogP) is 2.87. The molecule has 2 N–H and O–H groups in total. The molecule has 2 aromatic carbocycles. The molecule has 0 bridgehead atoms. The van der Waals surface area contributed by atoms with Gasteiger partial charge in [0.2, 0.25) is 0 Å². The van der Waals surface area contributed by atoms with Gasteiger partial charge in [-0.25, -0.2) is 0 Å². The summed E-state index contributed by atoms with van der Waals surface area (Å²) in [5, 5.41) is 2.30. The Bertz CT molecular complexity index is 477. The molecule has 0 radical (unpaired) electrons. The number of methoxy groups -OCH3 is 1. The van der Waals surface area contributed by atoms with Crippen molar-refractivity contribution in [3.63, 3.8) is 0 Å². The van der Waals surface area contributed by atoms with Gasteiger partial charge in [0.15, 0.2) is 0 Å². The lowest BCUT2D eigenvalue weighted by Gasteiger charge is -2.14. The highest BCUT2D eigenvalue weighted by atomic mass is 16.5. The fourth-order valence-electron chi connectivity index (χ4n) is 1.85. The van der Waals surface area contributed by atoms with E-state index in [2.05, 4.69) is 18.2 Å². The van der Waals surface area contributed by atoms with Crippen LogP contribution in [0.15, 0.2) is 36.4 Å². The molecule has 2 heteroatoms. The maximum absolute atomic E-state index is 5.90. The summed E-state index contributed by atoms with van der Waals surface area (Å²) >= 11 is 0. The van der Waals surface area contributed by atoms with E-state index in [4.69, 9.17) is 10.5 Å². The molecule has 0 saturated heterocycles. The van der Waals surface area contributed by atoms with Crippen LogP contribution in [0.25, 0.3) is 10.8 Å². The van der Waals surface area contributed by atoms with Crippen molar-refractivity contribution < 1.29 is 4.74 Å². The van der Waals surface area contributed by atoms with Gasteiger partial charge in [0.25, 0.3) is 0 Å². The largest absolute Gasteiger partial charge is 0.496 e. The summed E-state index contributed by atoms with van der Waals surface area (Å²) in [4.78, 5) is 0. The molecule has 0 spiro atoms. The van der Waals surface area contributed by atoms with Crippen molar-refractivity contribution in [2.75, 3.05) is 7.11 Å². The summed E-state index contributed by atoms with van der Waals surface area (Å²) < 4.78 is 5.44. The standard InChI is InChI=1S/C13H15NO/c1-9(14)11-8-7-10-5-3-4-6-12(10)13(11)15-2/h3-9H,14H2,1-2H3. The van der Waals surface area contributed by atoms with Gasteiger partial charge >= 0.3 is 0 Å². The van der Waals surface area contributed by atoms with Crippen LogP contribution in [0.4, 0.5) is 0 Å². The normalized spacial score (nSPS) is 12.7. The number of hydrogen-bond acceptors (Lipinski definition) is 2. The van der Waals surface area contributed by atoms with Gasteiger partial charge in [-0.2, -0.15) is 0 Å². The quantitative estimate of drug-likeness (QED) is 0.810. The second kappa shape index (κ2) is 3.91. The number of fused-ring (bicyclic) bond motifs is 1. The van der Waals surface area contributed by atoms with E-state index in [9.17, 15) is 0 Å². The maximum atomic E-state index is 5.90. The minimum atomic E-state index is -0.00967. The third-order valence-electron chi connectivity index (χ3n) is 2.60. The van der Waals surface area contributed by atoms with E-state index >= 15 is 0 Å². The molecule has 15 heavy (non-hydrogen) atoms. The molecule has 0 aliphatic rings. The van der Waals surface area contributed by atoms with E-state index in [0.29, 0.717) is 0 Å². The van der Waals surface area contributed by atoms with Crippen molar-refractivity contribution in [3.8, 4) is 5.75 Å². The van der Waals surface area contributed by atoms with Crippen LogP contribution in [0.5, 0.6) is 5.75 Å². The molecule has 0 aromatic heterocycles. The molecule has 0 amide bonds. The van der Waals surface area contributed by atoms with E-state index < -0.39 is 0 Å². The topological polar surface area (TPSA) is 35.2 Å². The Morgan fingerprint density at radius 1 is 1.13 bits per heavy atom. The summed E-state index contributed by atoms with van der Waals surface area (Å²) in [5.41, 5.74) is 6.95. The molecule has 0 aliphatic heterocycles. The Balaban J connectivity index is 2.75. The predicted molar refractivity (Wildman–Crippen MR) is 63.1 cm³/mol. The lowest BCUT2D eigenvalue weighted by atomic mass is 10.0. The number of benzene rings is 2. The van der Waals surface area contributed by atoms with E-state index in [1.54, 1.807) is 7.11 Å². The second-order valence-electron chi connectivity index (χ2n) is 3.70. The number of hydrogen-bond donors (Lipinski definition) is 1. The van der Waals surface area contributed by atoms with Gasteiger partial charge in [0.1, 0.15) is 5.75 Å². The van der Waals surface area contributed by atoms with E-state index in [-0.39, 0.29) is 6.04 Å². The molecular formula is C13H15NO. The van der Waals surface area contributed by atoms with Crippen molar-refractivity contribution in [3.05, 3.63) is 42.0 Å². The minimum Gasteiger partial charge on any atom is -0.496 e. The van der Waals surface area contributed by atoms with Crippen LogP contribution >= 0.6 is 0 Å². The molecule has 78 valence electrons. The average Bonchev–Trinajstić information content (AvgIpc) is 2.27. The molecule has 2 rings (SSSR count). The summed E-state index contributed by atoms with van der Waals surface area (Å²) in [7, 11) is 1.69. The van der Waals surface area contributed by atoms with Gasteiger partial charge in [0, 0.05) is 17.0 Å². The van der Waals surface area contributed by atoms with Gasteiger partial charge in [-0.3, -0.25) is 0 Å². The van der Waals surface area contributed by atoms with Crippen LogP contribution < -0.4 is 10.5 Å². The molecule has 0 fully saturated rings. The smallest absolute Gasteiger partial charge is 0.131 e. The highest BCUT2D eigenvalue weighted by Gasteiger charge is 2.10. The zero-order chi connectivity index (χ0) is 10.8. The van der Waals surface area contributed by atoms with Crippen molar-refractivity contribution in [2.45, 2.75) is 13.0 Å². The van der Waals surface area contributed by atoms with Crippen LogP contribution in [0, 0.1) is 0 Å². The first-order valence-electron chi connectivity index (χ1n) is 5.05. The van der Waals surface area contributed by atoms with Gasteiger partial charge < -0.3 is 10.5 Å². The van der Waals surface area contributed by atoms with Crippen LogP contribution in [0.1, 0.15) is 18.5 Å². The Labute approximate surface area is 89.7 Å². The minimum absolute atomic E-state index is 0.00967. The summed E-state index contributed by atoms with van der Waals surface area (Å²) in [5.74, 6) is 0.892. The van der Waals surface area contributed by atoms with Gasteiger partial charge in [0.05, 0.1) is 7.11 Å². The first-order chi connectivity index (χ1) is 7.24. The zero-order valence-corrected chi connectivity index (χ0v) is 9.03. The van der Waals surface area contributed by atoms with E-state index in [1.165, 1.54) is 5.39 Å². The third kappa shape index (κ3) is 1.68. The van der Waals surface area contributed by atoms with Gasteiger partial charge in [-0.05, 0) is 12.3 Å². The van der Waals surface area contributed by atoms with Crippen molar-refractivity contribution in [2.24, 2.45) is 5.73 Å². The fraction of sp³-hybridized carbons (Fsp3) is 0.231. The first-order valence-corrected chi connectivity index (χ1v) is 5.05. The highest BCUT2D eigenvalue weighted by Crippen LogP contribution is 2.32. The Hall–Kier alpha value is -1.54. The molecule has 0 aliphatic carbocycles. The molecule has 0 heterocycles. The first kappa shape index (κ1) is 9.99. The highest BCUT2D eigenvalue weighted by molar-refractivity contribution is 5.89. The van der Waals surface area contributed by atoms with Crippen LogP contribution in [0.3, 0.4) is 0 Å². The third-order valence-corrected chi connectivity index (χ3v) is 2.60. The van der Waals surface area contributed by atoms with Gasteiger partial charge in [-0.1, -0.05) is 36.4 Å². The number of nitrogens with two attached hydrogens (primary N) is 1. The van der Waals surface area contributed by atoms with Crippen LogP contribution in [0.2, 0.25) is 0 Å². The molecule has 1 atom stereocenters. The number of ether oxygens (including phenoxy) is 1. The van der Waals surface area contributed by atoms with Gasteiger partial charge in [-0.15, -0.1) is 0 Å². The van der Waals surface area contributed by atoms with Crippen LogP contribution in [-0.4, -0.2) is 7.11 Å². The molecule has 1 unspecified atom stereocenters. The molecule has 0 saturated carbocycles. The Morgan fingerprint density at radius 2 is 1.87 bits per heavy atom. The fourth-order valence-corrected chi connectivity index (χ4v) is 1.85. The van der Waals surface area contributed by atoms with Crippen molar-refractivity contribution >= 4 is 10.8 Å². The van der Waals surface area contributed by atoms with E-state index in [0.717, 1.165) is 16.7 Å². The van der Waals surface area contributed by atoms with Crippen molar-refractivity contribution in [1.29, 1.82) is 0 Å².